The van der Waals surface area contributed by atoms with Crippen LogP contribution in [0, 0.1) is 5.92 Å². The van der Waals surface area contributed by atoms with Crippen LogP contribution < -0.4 is 0 Å². The summed E-state index contributed by atoms with van der Waals surface area (Å²) >= 11 is 3.43. The van der Waals surface area contributed by atoms with Crippen LogP contribution in [0.5, 0.6) is 0 Å². The minimum Gasteiger partial charge on any atom is -0.343 e. The van der Waals surface area contributed by atoms with Crippen molar-refractivity contribution < 1.29 is 4.79 Å². The van der Waals surface area contributed by atoms with E-state index in [1.165, 1.54) is 5.56 Å². The van der Waals surface area contributed by atoms with Crippen molar-refractivity contribution in [3.63, 3.8) is 0 Å². The molecule has 0 aliphatic heterocycles. The average molecular weight is 296 g/mol. The summed E-state index contributed by atoms with van der Waals surface area (Å²) in [5, 5.41) is 0. The predicted octanol–water partition coefficient (Wildman–Crippen LogP) is 3.42. The van der Waals surface area contributed by atoms with Crippen LogP contribution in [0.4, 0.5) is 0 Å². The molecule has 92 valence electrons. The van der Waals surface area contributed by atoms with Gasteiger partial charge in [0.05, 0.1) is 0 Å². The number of benzene rings is 1. The molecule has 1 aromatic rings. The van der Waals surface area contributed by atoms with Gasteiger partial charge in [-0.15, -0.1) is 0 Å². The molecule has 1 fully saturated rings. The van der Waals surface area contributed by atoms with Gasteiger partial charge in [-0.25, -0.2) is 0 Å². The molecule has 1 amide bonds. The molecular formula is C14H18BrNO. The Balaban J connectivity index is 2.01. The van der Waals surface area contributed by atoms with Crippen LogP contribution in [-0.4, -0.2) is 23.9 Å². The van der Waals surface area contributed by atoms with Crippen molar-refractivity contribution in [2.45, 2.75) is 32.2 Å². The third-order valence-corrected chi connectivity index (χ3v) is 4.06. The Kier molecular flexibility index (Phi) is 3.57. The monoisotopic (exact) mass is 295 g/mol. The Morgan fingerprint density at radius 2 is 1.94 bits per heavy atom. The van der Waals surface area contributed by atoms with Gasteiger partial charge in [0.2, 0.25) is 5.91 Å². The lowest BCUT2D eigenvalue weighted by Crippen LogP contribution is -2.34. The maximum Gasteiger partial charge on any atom is 0.226 e. The number of halogens is 1. The number of rotatable bonds is 3. The van der Waals surface area contributed by atoms with Crippen LogP contribution in [0.15, 0.2) is 28.7 Å². The van der Waals surface area contributed by atoms with Gasteiger partial charge in [0.25, 0.3) is 0 Å². The van der Waals surface area contributed by atoms with Crippen molar-refractivity contribution in [2.24, 2.45) is 5.92 Å². The van der Waals surface area contributed by atoms with Crippen molar-refractivity contribution in [2.75, 3.05) is 7.05 Å². The molecule has 0 spiro atoms. The molecule has 2 rings (SSSR count). The van der Waals surface area contributed by atoms with E-state index in [0.29, 0.717) is 5.92 Å². The Hall–Kier alpha value is -0.830. The van der Waals surface area contributed by atoms with Crippen LogP contribution in [0.2, 0.25) is 0 Å². The van der Waals surface area contributed by atoms with E-state index < -0.39 is 0 Å². The minimum atomic E-state index is 0.198. The first kappa shape index (κ1) is 12.6. The van der Waals surface area contributed by atoms with E-state index in [2.05, 4.69) is 41.9 Å². The molecule has 1 saturated carbocycles. The zero-order valence-corrected chi connectivity index (χ0v) is 12.1. The summed E-state index contributed by atoms with van der Waals surface area (Å²) in [7, 11) is 1.89. The Bertz CT molecular complexity index is 413. The van der Waals surface area contributed by atoms with Crippen LogP contribution >= 0.6 is 15.9 Å². The second-order valence-electron chi connectivity index (χ2n) is 5.04. The van der Waals surface area contributed by atoms with Gasteiger partial charge in [-0.2, -0.15) is 0 Å². The maximum atomic E-state index is 12.1. The van der Waals surface area contributed by atoms with E-state index in [1.807, 2.05) is 24.1 Å². The van der Waals surface area contributed by atoms with E-state index in [4.69, 9.17) is 0 Å². The van der Waals surface area contributed by atoms with E-state index >= 15 is 0 Å². The normalized spacial score (nSPS) is 22.6. The van der Waals surface area contributed by atoms with Gasteiger partial charge in [-0.3, -0.25) is 4.79 Å². The quantitative estimate of drug-likeness (QED) is 0.837. The van der Waals surface area contributed by atoms with Crippen LogP contribution in [0.3, 0.4) is 0 Å². The summed E-state index contributed by atoms with van der Waals surface area (Å²) in [6.45, 7) is 4.10. The smallest absolute Gasteiger partial charge is 0.226 e. The summed E-state index contributed by atoms with van der Waals surface area (Å²) in [5.41, 5.74) is 1.28. The average Bonchev–Trinajstić information content (AvgIpc) is 3.08. The molecule has 1 aromatic carbocycles. The molecule has 0 N–H and O–H groups in total. The largest absolute Gasteiger partial charge is 0.343 e. The third-order valence-electron chi connectivity index (χ3n) is 3.53. The second kappa shape index (κ2) is 4.81. The molecule has 3 heteroatoms. The van der Waals surface area contributed by atoms with Crippen molar-refractivity contribution in [3.8, 4) is 0 Å². The van der Waals surface area contributed by atoms with Gasteiger partial charge < -0.3 is 4.90 Å². The van der Waals surface area contributed by atoms with Gasteiger partial charge in [0, 0.05) is 23.5 Å². The topological polar surface area (TPSA) is 20.3 Å². The fraction of sp³-hybridized carbons (Fsp3) is 0.500. The van der Waals surface area contributed by atoms with Crippen molar-refractivity contribution in [1.29, 1.82) is 0 Å². The summed E-state index contributed by atoms with van der Waals surface area (Å²) in [6, 6.07) is 8.59. The predicted molar refractivity (Wildman–Crippen MR) is 72.9 cm³/mol. The molecular weight excluding hydrogens is 278 g/mol. The lowest BCUT2D eigenvalue weighted by molar-refractivity contribution is -0.132. The number of carbonyl (C=O) groups excluding carboxylic acids is 1. The molecule has 2 unspecified atom stereocenters. The Morgan fingerprint density at radius 1 is 1.35 bits per heavy atom. The Labute approximate surface area is 111 Å². The lowest BCUT2D eigenvalue weighted by atomic mass is 10.1. The summed E-state index contributed by atoms with van der Waals surface area (Å²) in [4.78, 5) is 14.0. The number of hydrogen-bond acceptors (Lipinski definition) is 1. The van der Waals surface area contributed by atoms with E-state index in [0.717, 1.165) is 10.9 Å². The van der Waals surface area contributed by atoms with Crippen molar-refractivity contribution >= 4 is 21.8 Å². The first-order chi connectivity index (χ1) is 8.00. The summed E-state index contributed by atoms with van der Waals surface area (Å²) < 4.78 is 1.09. The molecule has 1 aliphatic rings. The lowest BCUT2D eigenvalue weighted by Gasteiger charge is -2.21. The van der Waals surface area contributed by atoms with Gasteiger partial charge in [-0.05, 0) is 43.9 Å². The first-order valence-electron chi connectivity index (χ1n) is 6.03. The fourth-order valence-electron chi connectivity index (χ4n) is 2.06. The molecule has 0 bridgehead atoms. The van der Waals surface area contributed by atoms with Crippen LogP contribution in [0.1, 0.15) is 31.7 Å². The third kappa shape index (κ3) is 2.71. The number of amides is 1. The highest BCUT2D eigenvalue weighted by Crippen LogP contribution is 2.48. The van der Waals surface area contributed by atoms with Gasteiger partial charge in [-0.1, -0.05) is 28.1 Å². The molecule has 0 radical (unpaired) electrons. The van der Waals surface area contributed by atoms with Crippen LogP contribution in [-0.2, 0) is 4.79 Å². The minimum absolute atomic E-state index is 0.198. The first-order valence-corrected chi connectivity index (χ1v) is 6.82. The standard InChI is InChI=1S/C14H18BrNO/c1-9(2)16(3)14(17)13-8-12(13)10-4-6-11(15)7-5-10/h4-7,9,12-13H,8H2,1-3H3. The fourth-order valence-corrected chi connectivity index (χ4v) is 2.33. The number of hydrogen-bond donors (Lipinski definition) is 0. The van der Waals surface area contributed by atoms with Gasteiger partial charge >= 0.3 is 0 Å². The highest BCUT2D eigenvalue weighted by Gasteiger charge is 2.45. The molecule has 17 heavy (non-hydrogen) atoms. The maximum absolute atomic E-state index is 12.1. The van der Waals surface area contributed by atoms with Crippen LogP contribution in [0.25, 0.3) is 0 Å². The summed E-state index contributed by atoms with van der Waals surface area (Å²) in [6.07, 6.45) is 0.998. The summed E-state index contributed by atoms with van der Waals surface area (Å²) in [5.74, 6) is 0.910. The van der Waals surface area contributed by atoms with E-state index in [1.54, 1.807) is 0 Å². The highest BCUT2D eigenvalue weighted by molar-refractivity contribution is 9.10. The second-order valence-corrected chi connectivity index (χ2v) is 5.96. The molecule has 0 heterocycles. The number of carbonyl (C=O) groups is 1. The number of nitrogens with zero attached hydrogens (tertiary/aromatic N) is 1. The van der Waals surface area contributed by atoms with Crippen molar-refractivity contribution in [3.05, 3.63) is 34.3 Å². The molecule has 0 aromatic heterocycles. The van der Waals surface area contributed by atoms with E-state index in [9.17, 15) is 4.79 Å². The zero-order valence-electron chi connectivity index (χ0n) is 10.5. The van der Waals surface area contributed by atoms with Crippen molar-refractivity contribution in [1.82, 2.24) is 4.90 Å². The Morgan fingerprint density at radius 3 is 2.47 bits per heavy atom. The molecule has 0 saturated heterocycles. The van der Waals surface area contributed by atoms with E-state index in [-0.39, 0.29) is 17.9 Å². The SMILES string of the molecule is CC(C)N(C)C(=O)C1CC1c1ccc(Br)cc1. The zero-order chi connectivity index (χ0) is 12.6. The highest BCUT2D eigenvalue weighted by atomic mass is 79.9. The van der Waals surface area contributed by atoms with Gasteiger partial charge in [0.1, 0.15) is 0 Å². The molecule has 1 aliphatic carbocycles. The molecule has 2 atom stereocenters. The van der Waals surface area contributed by atoms with Gasteiger partial charge in [0.15, 0.2) is 0 Å². The molecule has 2 nitrogen and oxygen atoms in total.